The standard InChI is InChI=1S/C11H16BrClN2/c1-2-14-6-7-15-8-9-4-3-5-10(12)11(9)13/h3-5,14-15H,2,6-8H2,1H3. The van der Waals surface area contributed by atoms with Gasteiger partial charge in [0.1, 0.15) is 0 Å². The highest BCUT2D eigenvalue weighted by Gasteiger charge is 2.02. The Morgan fingerprint density at radius 1 is 1.27 bits per heavy atom. The second kappa shape index (κ2) is 7.23. The molecule has 0 amide bonds. The quantitative estimate of drug-likeness (QED) is 0.788. The van der Waals surface area contributed by atoms with Crippen molar-refractivity contribution in [2.75, 3.05) is 19.6 Å². The smallest absolute Gasteiger partial charge is 0.0592 e. The van der Waals surface area contributed by atoms with E-state index in [9.17, 15) is 0 Å². The summed E-state index contributed by atoms with van der Waals surface area (Å²) in [6.45, 7) is 5.87. The van der Waals surface area contributed by atoms with E-state index in [2.05, 4.69) is 33.5 Å². The lowest BCUT2D eigenvalue weighted by Crippen LogP contribution is -2.26. The minimum Gasteiger partial charge on any atom is -0.316 e. The van der Waals surface area contributed by atoms with Gasteiger partial charge >= 0.3 is 0 Å². The molecule has 2 N–H and O–H groups in total. The highest BCUT2D eigenvalue weighted by molar-refractivity contribution is 9.10. The second-order valence-corrected chi connectivity index (χ2v) is 4.48. The van der Waals surface area contributed by atoms with Gasteiger partial charge in [-0.2, -0.15) is 0 Å². The summed E-state index contributed by atoms with van der Waals surface area (Å²) in [5.41, 5.74) is 1.13. The molecule has 0 fully saturated rings. The number of halogens is 2. The third kappa shape index (κ3) is 4.51. The van der Waals surface area contributed by atoms with E-state index in [0.29, 0.717) is 0 Å². The number of hydrogen-bond donors (Lipinski definition) is 2. The third-order valence-corrected chi connectivity index (χ3v) is 3.41. The monoisotopic (exact) mass is 290 g/mol. The van der Waals surface area contributed by atoms with E-state index in [1.165, 1.54) is 0 Å². The van der Waals surface area contributed by atoms with Crippen molar-refractivity contribution < 1.29 is 0 Å². The fourth-order valence-electron chi connectivity index (χ4n) is 1.26. The second-order valence-electron chi connectivity index (χ2n) is 3.24. The molecule has 0 saturated heterocycles. The SMILES string of the molecule is CCNCCNCc1cccc(Br)c1Cl. The van der Waals surface area contributed by atoms with Crippen LogP contribution in [-0.4, -0.2) is 19.6 Å². The molecular formula is C11H16BrClN2. The van der Waals surface area contributed by atoms with E-state index >= 15 is 0 Å². The van der Waals surface area contributed by atoms with Gasteiger partial charge in [-0.1, -0.05) is 30.7 Å². The Balaban J connectivity index is 2.34. The molecule has 0 bridgehead atoms. The lowest BCUT2D eigenvalue weighted by molar-refractivity contribution is 0.625. The lowest BCUT2D eigenvalue weighted by Gasteiger charge is -2.07. The molecule has 0 aliphatic rings. The maximum absolute atomic E-state index is 6.13. The van der Waals surface area contributed by atoms with Crippen molar-refractivity contribution in [1.82, 2.24) is 10.6 Å². The summed E-state index contributed by atoms with van der Waals surface area (Å²) in [6, 6.07) is 5.98. The van der Waals surface area contributed by atoms with E-state index in [-0.39, 0.29) is 0 Å². The van der Waals surface area contributed by atoms with Crippen molar-refractivity contribution in [2.24, 2.45) is 0 Å². The largest absolute Gasteiger partial charge is 0.316 e. The number of likely N-dealkylation sites (N-methyl/N-ethyl adjacent to an activating group) is 1. The zero-order valence-corrected chi connectivity index (χ0v) is 11.2. The Bertz CT molecular complexity index is 305. The fraction of sp³-hybridized carbons (Fsp3) is 0.455. The van der Waals surface area contributed by atoms with Crippen LogP contribution < -0.4 is 10.6 Å². The summed E-state index contributed by atoms with van der Waals surface area (Å²) < 4.78 is 0.954. The zero-order chi connectivity index (χ0) is 11.1. The van der Waals surface area contributed by atoms with Gasteiger partial charge in [0.25, 0.3) is 0 Å². The predicted molar refractivity (Wildman–Crippen MR) is 69.4 cm³/mol. The molecule has 1 aromatic carbocycles. The summed E-state index contributed by atoms with van der Waals surface area (Å²) in [5.74, 6) is 0. The van der Waals surface area contributed by atoms with Crippen LogP contribution in [0.15, 0.2) is 22.7 Å². The van der Waals surface area contributed by atoms with E-state index in [1.54, 1.807) is 0 Å². The van der Waals surface area contributed by atoms with Crippen LogP contribution in [0, 0.1) is 0 Å². The van der Waals surface area contributed by atoms with Crippen LogP contribution in [0.1, 0.15) is 12.5 Å². The van der Waals surface area contributed by atoms with Crippen LogP contribution >= 0.6 is 27.5 Å². The van der Waals surface area contributed by atoms with E-state index in [4.69, 9.17) is 11.6 Å². The Hall–Kier alpha value is -0.0900. The molecule has 1 rings (SSSR count). The fourth-order valence-corrected chi connectivity index (χ4v) is 1.86. The molecule has 0 aliphatic carbocycles. The normalized spacial score (nSPS) is 10.6. The summed E-state index contributed by atoms with van der Waals surface area (Å²) >= 11 is 9.54. The van der Waals surface area contributed by atoms with Gasteiger partial charge in [-0.3, -0.25) is 0 Å². The van der Waals surface area contributed by atoms with Crippen molar-refractivity contribution in [3.8, 4) is 0 Å². The van der Waals surface area contributed by atoms with Gasteiger partial charge < -0.3 is 10.6 Å². The van der Waals surface area contributed by atoms with Crippen LogP contribution in [0.4, 0.5) is 0 Å². The molecule has 0 atom stereocenters. The lowest BCUT2D eigenvalue weighted by atomic mass is 10.2. The highest BCUT2D eigenvalue weighted by Crippen LogP contribution is 2.25. The third-order valence-electron chi connectivity index (χ3n) is 2.08. The molecule has 0 spiro atoms. The molecule has 0 radical (unpaired) electrons. The average Bonchev–Trinajstić information content (AvgIpc) is 2.24. The van der Waals surface area contributed by atoms with Crippen molar-refractivity contribution >= 4 is 27.5 Å². The summed E-state index contributed by atoms with van der Waals surface area (Å²) in [5, 5.41) is 7.39. The number of hydrogen-bond acceptors (Lipinski definition) is 2. The molecular weight excluding hydrogens is 275 g/mol. The summed E-state index contributed by atoms with van der Waals surface area (Å²) in [4.78, 5) is 0. The van der Waals surface area contributed by atoms with Gasteiger partial charge in [0, 0.05) is 24.1 Å². The van der Waals surface area contributed by atoms with Gasteiger partial charge in [0.05, 0.1) is 5.02 Å². The summed E-state index contributed by atoms with van der Waals surface area (Å²) in [6.07, 6.45) is 0. The molecule has 1 aromatic rings. The summed E-state index contributed by atoms with van der Waals surface area (Å²) in [7, 11) is 0. The molecule has 84 valence electrons. The van der Waals surface area contributed by atoms with Gasteiger partial charge in [-0.15, -0.1) is 0 Å². The zero-order valence-electron chi connectivity index (χ0n) is 8.82. The van der Waals surface area contributed by atoms with Crippen molar-refractivity contribution in [3.05, 3.63) is 33.3 Å². The molecule has 0 aliphatic heterocycles. The average molecular weight is 292 g/mol. The van der Waals surface area contributed by atoms with E-state index < -0.39 is 0 Å². The Labute approximate surface area is 105 Å². The van der Waals surface area contributed by atoms with Gasteiger partial charge in [0.15, 0.2) is 0 Å². The van der Waals surface area contributed by atoms with Gasteiger partial charge in [0.2, 0.25) is 0 Å². The van der Waals surface area contributed by atoms with Crippen LogP contribution in [0.2, 0.25) is 5.02 Å². The minimum atomic E-state index is 0.799. The molecule has 0 saturated carbocycles. The number of rotatable bonds is 6. The first kappa shape index (κ1) is 13.0. The molecule has 2 nitrogen and oxygen atoms in total. The van der Waals surface area contributed by atoms with Crippen molar-refractivity contribution in [3.63, 3.8) is 0 Å². The Morgan fingerprint density at radius 3 is 2.73 bits per heavy atom. The topological polar surface area (TPSA) is 24.1 Å². The van der Waals surface area contributed by atoms with E-state index in [0.717, 1.165) is 41.2 Å². The van der Waals surface area contributed by atoms with Crippen LogP contribution in [0.5, 0.6) is 0 Å². The first-order valence-corrected chi connectivity index (χ1v) is 6.27. The molecule has 0 unspecified atom stereocenters. The molecule has 0 heterocycles. The minimum absolute atomic E-state index is 0.799. The first-order chi connectivity index (χ1) is 7.25. The van der Waals surface area contributed by atoms with Gasteiger partial charge in [-0.05, 0) is 34.1 Å². The molecule has 15 heavy (non-hydrogen) atoms. The molecule has 4 heteroatoms. The maximum atomic E-state index is 6.13. The Morgan fingerprint density at radius 2 is 2.00 bits per heavy atom. The molecule has 0 aromatic heterocycles. The van der Waals surface area contributed by atoms with Crippen LogP contribution in [-0.2, 0) is 6.54 Å². The van der Waals surface area contributed by atoms with Gasteiger partial charge in [-0.25, -0.2) is 0 Å². The van der Waals surface area contributed by atoms with E-state index in [1.807, 2.05) is 18.2 Å². The predicted octanol–water partition coefficient (Wildman–Crippen LogP) is 2.80. The van der Waals surface area contributed by atoms with Crippen molar-refractivity contribution in [2.45, 2.75) is 13.5 Å². The Kier molecular flexibility index (Phi) is 6.25. The number of nitrogens with one attached hydrogen (secondary N) is 2. The van der Waals surface area contributed by atoms with Crippen LogP contribution in [0.3, 0.4) is 0 Å². The highest BCUT2D eigenvalue weighted by atomic mass is 79.9. The first-order valence-electron chi connectivity index (χ1n) is 5.10. The van der Waals surface area contributed by atoms with Crippen LogP contribution in [0.25, 0.3) is 0 Å². The number of benzene rings is 1. The van der Waals surface area contributed by atoms with Crippen molar-refractivity contribution in [1.29, 1.82) is 0 Å². The maximum Gasteiger partial charge on any atom is 0.0592 e.